The Morgan fingerprint density at radius 3 is 3.12 bits per heavy atom. The van der Waals surface area contributed by atoms with Gasteiger partial charge in [0.25, 0.3) is 0 Å². The smallest absolute Gasteiger partial charge is 0.0410 e. The zero-order chi connectivity index (χ0) is 12.0. The van der Waals surface area contributed by atoms with Gasteiger partial charge in [0.2, 0.25) is 0 Å². The molecule has 1 aromatic carbocycles. The fourth-order valence-corrected chi connectivity index (χ4v) is 3.25. The topological polar surface area (TPSA) is 41.3 Å². The maximum absolute atomic E-state index is 6.41. The maximum Gasteiger partial charge on any atom is 0.0410 e. The van der Waals surface area contributed by atoms with Crippen LogP contribution >= 0.6 is 11.6 Å². The molecule has 0 spiro atoms. The van der Waals surface area contributed by atoms with Crippen LogP contribution in [0.1, 0.15) is 18.0 Å². The normalized spacial score (nSPS) is 32.5. The lowest BCUT2D eigenvalue weighted by Gasteiger charge is -2.44. The van der Waals surface area contributed by atoms with Gasteiger partial charge in [0.05, 0.1) is 0 Å². The number of nitrogens with two attached hydrogens (primary N) is 1. The number of likely N-dealkylation sites (tertiary alicyclic amines) is 1. The van der Waals surface area contributed by atoms with E-state index in [1.165, 1.54) is 0 Å². The SMILES string of the molecule is CN1CCC2Nc3ccc(Cl)cc3C(N)C2C1. The molecule has 0 aliphatic carbocycles. The molecule has 2 heterocycles. The molecule has 3 nitrogen and oxygen atoms in total. The number of nitrogens with zero attached hydrogens (tertiary/aromatic N) is 1. The van der Waals surface area contributed by atoms with Crippen LogP contribution in [-0.2, 0) is 0 Å². The minimum Gasteiger partial charge on any atom is -0.382 e. The maximum atomic E-state index is 6.41. The summed E-state index contributed by atoms with van der Waals surface area (Å²) in [4.78, 5) is 2.36. The highest BCUT2D eigenvalue weighted by Gasteiger charge is 2.37. The van der Waals surface area contributed by atoms with Crippen molar-refractivity contribution >= 4 is 17.3 Å². The van der Waals surface area contributed by atoms with Crippen molar-refractivity contribution in [1.82, 2.24) is 4.90 Å². The highest BCUT2D eigenvalue weighted by Crippen LogP contribution is 2.39. The van der Waals surface area contributed by atoms with Gasteiger partial charge in [-0.15, -0.1) is 0 Å². The summed E-state index contributed by atoms with van der Waals surface area (Å²) in [6.45, 7) is 2.20. The lowest BCUT2D eigenvalue weighted by atomic mass is 9.79. The molecule has 3 unspecified atom stereocenters. The summed E-state index contributed by atoms with van der Waals surface area (Å²) >= 11 is 6.05. The average Bonchev–Trinajstić information content (AvgIpc) is 2.32. The first-order chi connectivity index (χ1) is 8.15. The minimum absolute atomic E-state index is 0.0951. The van der Waals surface area contributed by atoms with Crippen molar-refractivity contribution in [2.75, 3.05) is 25.5 Å². The molecule has 0 saturated carbocycles. The zero-order valence-corrected chi connectivity index (χ0v) is 10.7. The second-order valence-electron chi connectivity index (χ2n) is 5.22. The molecule has 17 heavy (non-hydrogen) atoms. The first kappa shape index (κ1) is 11.3. The van der Waals surface area contributed by atoms with Gasteiger partial charge in [0, 0.05) is 35.3 Å². The summed E-state index contributed by atoms with van der Waals surface area (Å²) in [6, 6.07) is 6.58. The van der Waals surface area contributed by atoms with E-state index in [2.05, 4.69) is 17.3 Å². The molecule has 3 N–H and O–H groups in total. The van der Waals surface area contributed by atoms with E-state index in [-0.39, 0.29) is 6.04 Å². The van der Waals surface area contributed by atoms with Crippen molar-refractivity contribution in [2.45, 2.75) is 18.5 Å². The Labute approximate surface area is 107 Å². The molecule has 0 radical (unpaired) electrons. The molecular weight excluding hydrogens is 234 g/mol. The fraction of sp³-hybridized carbons (Fsp3) is 0.538. The summed E-state index contributed by atoms with van der Waals surface area (Å²) in [5.74, 6) is 0.486. The third-order valence-corrected chi connectivity index (χ3v) is 4.27. The van der Waals surface area contributed by atoms with E-state index in [4.69, 9.17) is 17.3 Å². The molecule has 1 aromatic rings. The number of benzene rings is 1. The van der Waals surface area contributed by atoms with E-state index in [9.17, 15) is 0 Å². The summed E-state index contributed by atoms with van der Waals surface area (Å²) in [5.41, 5.74) is 8.73. The van der Waals surface area contributed by atoms with E-state index in [1.54, 1.807) is 0 Å². The standard InChI is InChI=1S/C13H18ClN3/c1-17-5-4-12-10(7-17)13(15)9-6-8(14)2-3-11(9)16-12/h2-3,6,10,12-13,16H,4-5,7,15H2,1H3. The lowest BCUT2D eigenvalue weighted by molar-refractivity contribution is 0.168. The Morgan fingerprint density at radius 1 is 1.47 bits per heavy atom. The van der Waals surface area contributed by atoms with E-state index in [1.807, 2.05) is 18.2 Å². The number of piperidine rings is 1. The number of nitrogens with one attached hydrogen (secondary N) is 1. The largest absolute Gasteiger partial charge is 0.382 e. The number of anilines is 1. The lowest BCUT2D eigenvalue weighted by Crippen LogP contribution is -2.51. The van der Waals surface area contributed by atoms with Gasteiger partial charge in [-0.05, 0) is 43.8 Å². The molecule has 0 amide bonds. The van der Waals surface area contributed by atoms with E-state index >= 15 is 0 Å². The number of hydrogen-bond acceptors (Lipinski definition) is 3. The van der Waals surface area contributed by atoms with Crippen LogP contribution in [0.5, 0.6) is 0 Å². The molecule has 3 atom stereocenters. The third kappa shape index (κ3) is 1.92. The van der Waals surface area contributed by atoms with Gasteiger partial charge in [-0.3, -0.25) is 0 Å². The number of hydrogen-bond donors (Lipinski definition) is 2. The van der Waals surface area contributed by atoms with Gasteiger partial charge < -0.3 is 16.0 Å². The molecule has 4 heteroatoms. The summed E-state index contributed by atoms with van der Waals surface area (Å²) in [7, 11) is 2.16. The van der Waals surface area contributed by atoms with Crippen molar-refractivity contribution in [2.24, 2.45) is 11.7 Å². The van der Waals surface area contributed by atoms with Crippen LogP contribution in [0.15, 0.2) is 18.2 Å². The Kier molecular flexibility index (Phi) is 2.77. The second-order valence-corrected chi connectivity index (χ2v) is 5.66. The summed E-state index contributed by atoms with van der Waals surface area (Å²) in [6.07, 6.45) is 1.16. The minimum atomic E-state index is 0.0951. The summed E-state index contributed by atoms with van der Waals surface area (Å²) < 4.78 is 0. The molecule has 2 aliphatic rings. The molecule has 2 aliphatic heterocycles. The van der Waals surface area contributed by atoms with Crippen LogP contribution in [-0.4, -0.2) is 31.1 Å². The number of fused-ring (bicyclic) bond motifs is 2. The summed E-state index contributed by atoms with van der Waals surface area (Å²) in [5, 5.41) is 4.38. The molecule has 0 aromatic heterocycles. The molecular formula is C13H18ClN3. The van der Waals surface area contributed by atoms with Crippen molar-refractivity contribution < 1.29 is 0 Å². The molecule has 92 valence electrons. The number of rotatable bonds is 0. The van der Waals surface area contributed by atoms with Crippen molar-refractivity contribution in [3.8, 4) is 0 Å². The van der Waals surface area contributed by atoms with Crippen LogP contribution < -0.4 is 11.1 Å². The van der Waals surface area contributed by atoms with Crippen molar-refractivity contribution in [3.05, 3.63) is 28.8 Å². The monoisotopic (exact) mass is 251 g/mol. The van der Waals surface area contributed by atoms with Gasteiger partial charge >= 0.3 is 0 Å². The first-order valence-electron chi connectivity index (χ1n) is 6.15. The fourth-order valence-electron chi connectivity index (χ4n) is 3.07. The number of halogens is 1. The quantitative estimate of drug-likeness (QED) is 0.742. The van der Waals surface area contributed by atoms with Crippen LogP contribution in [0.4, 0.5) is 5.69 Å². The zero-order valence-electron chi connectivity index (χ0n) is 9.99. The molecule has 1 fully saturated rings. The molecule has 3 rings (SSSR count). The van der Waals surface area contributed by atoms with E-state index in [0.29, 0.717) is 12.0 Å². The second kappa shape index (κ2) is 4.16. The van der Waals surface area contributed by atoms with Crippen LogP contribution in [0.25, 0.3) is 0 Å². The average molecular weight is 252 g/mol. The highest BCUT2D eigenvalue weighted by atomic mass is 35.5. The van der Waals surface area contributed by atoms with Crippen molar-refractivity contribution in [3.63, 3.8) is 0 Å². The van der Waals surface area contributed by atoms with Gasteiger partial charge in [0.15, 0.2) is 0 Å². The Bertz CT molecular complexity index is 435. The first-order valence-corrected chi connectivity index (χ1v) is 6.53. The molecule has 1 saturated heterocycles. The van der Waals surface area contributed by atoms with Crippen LogP contribution in [0, 0.1) is 5.92 Å². The third-order valence-electron chi connectivity index (χ3n) is 4.04. The van der Waals surface area contributed by atoms with Crippen LogP contribution in [0.3, 0.4) is 0 Å². The van der Waals surface area contributed by atoms with E-state index < -0.39 is 0 Å². The predicted octanol–water partition coefficient (Wildman–Crippen LogP) is 2.09. The van der Waals surface area contributed by atoms with Crippen molar-refractivity contribution in [1.29, 1.82) is 0 Å². The Morgan fingerprint density at radius 2 is 2.29 bits per heavy atom. The Balaban J connectivity index is 1.96. The van der Waals surface area contributed by atoms with Crippen LogP contribution in [0.2, 0.25) is 5.02 Å². The van der Waals surface area contributed by atoms with Gasteiger partial charge in [0.1, 0.15) is 0 Å². The Hall–Kier alpha value is -0.770. The highest BCUT2D eigenvalue weighted by molar-refractivity contribution is 6.30. The van der Waals surface area contributed by atoms with Gasteiger partial charge in [-0.25, -0.2) is 0 Å². The van der Waals surface area contributed by atoms with E-state index in [0.717, 1.165) is 35.8 Å². The molecule has 0 bridgehead atoms. The van der Waals surface area contributed by atoms with Gasteiger partial charge in [-0.1, -0.05) is 11.6 Å². The van der Waals surface area contributed by atoms with Gasteiger partial charge in [-0.2, -0.15) is 0 Å². The predicted molar refractivity (Wildman–Crippen MR) is 71.4 cm³/mol.